The lowest BCUT2D eigenvalue weighted by atomic mass is 10.1. The molecule has 6 heteroatoms. The first-order chi connectivity index (χ1) is 8.70. The van der Waals surface area contributed by atoms with E-state index in [9.17, 15) is 4.79 Å². The average Bonchev–Trinajstić information content (AvgIpc) is 2.90. The van der Waals surface area contributed by atoms with Gasteiger partial charge in [0.15, 0.2) is 5.84 Å². The van der Waals surface area contributed by atoms with Crippen LogP contribution in [0.5, 0.6) is 0 Å². The molecule has 1 unspecified atom stereocenters. The molecular weight excluding hydrogens is 234 g/mol. The van der Waals surface area contributed by atoms with Gasteiger partial charge in [-0.05, 0) is 18.6 Å². The van der Waals surface area contributed by atoms with Crippen LogP contribution in [0.1, 0.15) is 22.3 Å². The van der Waals surface area contributed by atoms with E-state index in [0.29, 0.717) is 24.3 Å². The summed E-state index contributed by atoms with van der Waals surface area (Å²) in [5.41, 5.74) is 6.46. The van der Waals surface area contributed by atoms with Crippen molar-refractivity contribution in [2.24, 2.45) is 10.9 Å². The van der Waals surface area contributed by atoms with Crippen LogP contribution in [0.2, 0.25) is 0 Å². The highest BCUT2D eigenvalue weighted by Gasteiger charge is 2.18. The Bertz CT molecular complexity index is 467. The van der Waals surface area contributed by atoms with Crippen molar-refractivity contribution < 1.29 is 14.7 Å². The Balaban J connectivity index is 2.10. The van der Waals surface area contributed by atoms with Crippen LogP contribution in [0, 0.1) is 0 Å². The minimum absolute atomic E-state index is 0.0196. The van der Waals surface area contributed by atoms with Crippen molar-refractivity contribution in [1.29, 1.82) is 0 Å². The number of amides is 1. The van der Waals surface area contributed by atoms with E-state index in [1.54, 1.807) is 24.3 Å². The lowest BCUT2D eigenvalue weighted by molar-refractivity contribution is 0.0930. The summed E-state index contributed by atoms with van der Waals surface area (Å²) in [7, 11) is 0. The van der Waals surface area contributed by atoms with Crippen molar-refractivity contribution in [3.05, 3.63) is 35.4 Å². The van der Waals surface area contributed by atoms with E-state index in [-0.39, 0.29) is 17.8 Å². The number of oxime groups is 1. The van der Waals surface area contributed by atoms with Gasteiger partial charge in [0.05, 0.1) is 12.6 Å². The monoisotopic (exact) mass is 249 g/mol. The van der Waals surface area contributed by atoms with Crippen LogP contribution in [0.25, 0.3) is 0 Å². The summed E-state index contributed by atoms with van der Waals surface area (Å²) in [4.78, 5) is 12.0. The molecule has 0 aliphatic carbocycles. The van der Waals surface area contributed by atoms with Crippen LogP contribution in [0.3, 0.4) is 0 Å². The molecule has 1 fully saturated rings. The molecule has 0 radical (unpaired) electrons. The number of hydrogen-bond donors (Lipinski definition) is 3. The third-order valence-corrected chi connectivity index (χ3v) is 2.79. The molecule has 1 atom stereocenters. The fourth-order valence-electron chi connectivity index (χ4n) is 1.79. The molecule has 96 valence electrons. The molecule has 2 rings (SSSR count). The average molecular weight is 249 g/mol. The molecule has 18 heavy (non-hydrogen) atoms. The van der Waals surface area contributed by atoms with E-state index in [1.165, 1.54) is 0 Å². The van der Waals surface area contributed by atoms with Gasteiger partial charge in [-0.2, -0.15) is 0 Å². The van der Waals surface area contributed by atoms with Crippen LogP contribution in [-0.2, 0) is 4.74 Å². The molecule has 1 saturated heterocycles. The Morgan fingerprint density at radius 3 is 2.94 bits per heavy atom. The smallest absolute Gasteiger partial charge is 0.251 e. The fraction of sp³-hybridized carbons (Fsp3) is 0.333. The van der Waals surface area contributed by atoms with Crippen molar-refractivity contribution in [2.45, 2.75) is 12.5 Å². The highest BCUT2D eigenvalue weighted by Crippen LogP contribution is 2.08. The van der Waals surface area contributed by atoms with Gasteiger partial charge in [-0.15, -0.1) is 0 Å². The first kappa shape index (κ1) is 12.4. The number of benzene rings is 1. The first-order valence-electron chi connectivity index (χ1n) is 5.67. The SMILES string of the molecule is N/C(=N/O)c1cccc(C(=O)NC2CCOC2)c1. The molecule has 1 heterocycles. The molecule has 1 aromatic carbocycles. The zero-order chi connectivity index (χ0) is 13.0. The molecule has 0 bridgehead atoms. The highest BCUT2D eigenvalue weighted by atomic mass is 16.5. The topological polar surface area (TPSA) is 96.9 Å². The summed E-state index contributed by atoms with van der Waals surface area (Å²) in [6.45, 7) is 1.22. The van der Waals surface area contributed by atoms with Crippen molar-refractivity contribution in [1.82, 2.24) is 5.32 Å². The van der Waals surface area contributed by atoms with Crippen LogP contribution in [0.15, 0.2) is 29.4 Å². The van der Waals surface area contributed by atoms with E-state index in [1.807, 2.05) is 0 Å². The van der Waals surface area contributed by atoms with Gasteiger partial charge >= 0.3 is 0 Å². The molecule has 6 nitrogen and oxygen atoms in total. The van der Waals surface area contributed by atoms with Crippen LogP contribution < -0.4 is 11.1 Å². The largest absolute Gasteiger partial charge is 0.409 e. The number of ether oxygens (including phenoxy) is 1. The lowest BCUT2D eigenvalue weighted by Gasteiger charge is -2.11. The Morgan fingerprint density at radius 1 is 1.50 bits per heavy atom. The van der Waals surface area contributed by atoms with E-state index in [2.05, 4.69) is 10.5 Å². The molecule has 1 aliphatic rings. The van der Waals surface area contributed by atoms with E-state index >= 15 is 0 Å². The maximum Gasteiger partial charge on any atom is 0.251 e. The Kier molecular flexibility index (Phi) is 3.78. The Hall–Kier alpha value is -2.08. The molecule has 4 N–H and O–H groups in total. The van der Waals surface area contributed by atoms with E-state index in [4.69, 9.17) is 15.7 Å². The number of hydrogen-bond acceptors (Lipinski definition) is 4. The van der Waals surface area contributed by atoms with Gasteiger partial charge in [0.1, 0.15) is 0 Å². The standard InChI is InChI=1S/C12H15N3O3/c13-11(15-17)8-2-1-3-9(6-8)12(16)14-10-4-5-18-7-10/h1-3,6,10,17H,4-5,7H2,(H2,13,15)(H,14,16). The number of amidine groups is 1. The fourth-order valence-corrected chi connectivity index (χ4v) is 1.79. The van der Waals surface area contributed by atoms with Gasteiger partial charge in [-0.1, -0.05) is 17.3 Å². The van der Waals surface area contributed by atoms with Crippen LogP contribution in [0.4, 0.5) is 0 Å². The number of carbonyl (C=O) groups is 1. The van der Waals surface area contributed by atoms with E-state index in [0.717, 1.165) is 6.42 Å². The maximum absolute atomic E-state index is 12.0. The lowest BCUT2D eigenvalue weighted by Crippen LogP contribution is -2.35. The summed E-state index contributed by atoms with van der Waals surface area (Å²) >= 11 is 0. The van der Waals surface area contributed by atoms with Gasteiger partial charge < -0.3 is 21.0 Å². The third kappa shape index (κ3) is 2.78. The van der Waals surface area contributed by atoms with Crippen molar-refractivity contribution in [2.75, 3.05) is 13.2 Å². The zero-order valence-corrected chi connectivity index (χ0v) is 9.80. The molecule has 1 aromatic rings. The van der Waals surface area contributed by atoms with Crippen LogP contribution >= 0.6 is 0 Å². The second-order valence-electron chi connectivity index (χ2n) is 4.10. The van der Waals surface area contributed by atoms with Crippen molar-refractivity contribution in [3.8, 4) is 0 Å². The quantitative estimate of drug-likeness (QED) is 0.310. The number of nitrogens with zero attached hydrogens (tertiary/aromatic N) is 1. The highest BCUT2D eigenvalue weighted by molar-refractivity contribution is 6.01. The summed E-state index contributed by atoms with van der Waals surface area (Å²) < 4.78 is 5.19. The Morgan fingerprint density at radius 2 is 2.28 bits per heavy atom. The summed E-state index contributed by atoms with van der Waals surface area (Å²) in [5.74, 6) is -0.202. The van der Waals surface area contributed by atoms with Crippen LogP contribution in [-0.4, -0.2) is 36.2 Å². The number of nitrogens with one attached hydrogen (secondary N) is 1. The van der Waals surface area contributed by atoms with Gasteiger partial charge in [-0.25, -0.2) is 0 Å². The van der Waals surface area contributed by atoms with Gasteiger partial charge in [0.2, 0.25) is 0 Å². The second kappa shape index (κ2) is 5.50. The minimum atomic E-state index is -0.182. The second-order valence-corrected chi connectivity index (χ2v) is 4.10. The van der Waals surface area contributed by atoms with Crippen molar-refractivity contribution >= 4 is 11.7 Å². The maximum atomic E-state index is 12.0. The molecular formula is C12H15N3O3. The summed E-state index contributed by atoms with van der Waals surface area (Å²) in [6, 6.07) is 6.68. The van der Waals surface area contributed by atoms with Crippen molar-refractivity contribution in [3.63, 3.8) is 0 Å². The van der Waals surface area contributed by atoms with Gasteiger partial charge in [0, 0.05) is 17.7 Å². The summed E-state index contributed by atoms with van der Waals surface area (Å²) in [6.07, 6.45) is 0.825. The molecule has 1 aliphatic heterocycles. The number of nitrogens with two attached hydrogens (primary N) is 1. The number of carbonyl (C=O) groups excluding carboxylic acids is 1. The van der Waals surface area contributed by atoms with Gasteiger partial charge in [0.25, 0.3) is 5.91 Å². The molecule has 1 amide bonds. The first-order valence-corrected chi connectivity index (χ1v) is 5.67. The number of rotatable bonds is 3. The Labute approximate surface area is 104 Å². The van der Waals surface area contributed by atoms with E-state index < -0.39 is 0 Å². The minimum Gasteiger partial charge on any atom is -0.409 e. The van der Waals surface area contributed by atoms with Gasteiger partial charge in [-0.3, -0.25) is 4.79 Å². The zero-order valence-electron chi connectivity index (χ0n) is 9.80. The predicted octanol–water partition coefficient (Wildman–Crippen LogP) is 0.300. The third-order valence-electron chi connectivity index (χ3n) is 2.79. The molecule has 0 spiro atoms. The normalized spacial score (nSPS) is 19.8. The molecule has 0 saturated carbocycles. The predicted molar refractivity (Wildman–Crippen MR) is 65.6 cm³/mol. The molecule has 0 aromatic heterocycles. The summed E-state index contributed by atoms with van der Waals surface area (Å²) in [5, 5.41) is 14.4.